The maximum Gasteiger partial charge on any atom is 0.296 e. The predicted molar refractivity (Wildman–Crippen MR) is 90.9 cm³/mol. The number of benzene rings is 2. The number of hydrogen-bond acceptors (Lipinski definition) is 7. The molecule has 25 heavy (non-hydrogen) atoms. The van der Waals surface area contributed by atoms with Crippen LogP contribution in [0.4, 0.5) is 17.1 Å². The fourth-order valence-electron chi connectivity index (χ4n) is 2.23. The van der Waals surface area contributed by atoms with E-state index in [1.54, 1.807) is 36.4 Å². The summed E-state index contributed by atoms with van der Waals surface area (Å²) in [6.45, 7) is 0. The lowest BCUT2D eigenvalue weighted by atomic mass is 10.1. The number of nitrogens with two attached hydrogens (primary N) is 1. The Morgan fingerprint density at radius 1 is 1.00 bits per heavy atom. The monoisotopic (exact) mass is 356 g/mol. The van der Waals surface area contributed by atoms with Gasteiger partial charge >= 0.3 is 0 Å². The molecule has 0 amide bonds. The van der Waals surface area contributed by atoms with Crippen LogP contribution >= 0.6 is 0 Å². The number of fused-ring (bicyclic) bond motifs is 1. The zero-order valence-electron chi connectivity index (χ0n) is 12.7. The second-order valence-corrected chi connectivity index (χ2v) is 6.26. The highest BCUT2D eigenvalue weighted by Crippen LogP contribution is 2.39. The van der Waals surface area contributed by atoms with Crippen LogP contribution in [0, 0.1) is 0 Å². The van der Waals surface area contributed by atoms with Gasteiger partial charge in [-0.15, -0.1) is 10.2 Å². The summed E-state index contributed by atoms with van der Waals surface area (Å²) in [5.41, 5.74) is 0.854. The van der Waals surface area contributed by atoms with Crippen molar-refractivity contribution in [3.05, 3.63) is 54.7 Å². The van der Waals surface area contributed by atoms with E-state index in [2.05, 4.69) is 25.5 Å². The lowest BCUT2D eigenvalue weighted by molar-refractivity contribution is 0.484. The third-order valence-electron chi connectivity index (χ3n) is 3.27. The fraction of sp³-hybridized carbons (Fsp3) is 0. The summed E-state index contributed by atoms with van der Waals surface area (Å²) in [5, 5.41) is 15.4. The van der Waals surface area contributed by atoms with Gasteiger partial charge in [-0.1, -0.05) is 23.4 Å². The Balaban J connectivity index is 2.30. The summed E-state index contributed by atoms with van der Waals surface area (Å²) in [5.74, 6) is 5.15. The molecule has 0 aliphatic rings. The van der Waals surface area contributed by atoms with Crippen LogP contribution in [0.2, 0.25) is 0 Å². The van der Waals surface area contributed by atoms with Crippen molar-refractivity contribution in [3.8, 4) is 0 Å². The fourth-order valence-corrected chi connectivity index (χ4v) is 2.90. The van der Waals surface area contributed by atoms with Crippen LogP contribution in [0.5, 0.6) is 0 Å². The van der Waals surface area contributed by atoms with Crippen molar-refractivity contribution in [1.82, 2.24) is 4.98 Å². The van der Waals surface area contributed by atoms with Crippen LogP contribution in [0.3, 0.4) is 0 Å². The molecule has 0 bridgehead atoms. The Morgan fingerprint density at radius 2 is 1.76 bits per heavy atom. The normalized spacial score (nSPS) is 12.4. The van der Waals surface area contributed by atoms with Gasteiger partial charge in [-0.3, -0.25) is 9.54 Å². The third-order valence-corrected chi connectivity index (χ3v) is 4.14. The van der Waals surface area contributed by atoms with E-state index in [4.69, 9.17) is 5.84 Å². The molecule has 0 saturated heterocycles. The van der Waals surface area contributed by atoms with Crippen molar-refractivity contribution in [2.75, 3.05) is 0 Å². The lowest BCUT2D eigenvalue weighted by Crippen LogP contribution is -2.00. The summed E-state index contributed by atoms with van der Waals surface area (Å²) in [6.07, 6.45) is 1.39. The van der Waals surface area contributed by atoms with Crippen molar-refractivity contribution in [1.29, 1.82) is 0 Å². The van der Waals surface area contributed by atoms with Gasteiger partial charge in [0.1, 0.15) is 16.3 Å². The van der Waals surface area contributed by atoms with Crippen LogP contribution in [0.25, 0.3) is 10.9 Å². The van der Waals surface area contributed by atoms with E-state index < -0.39 is 15.0 Å². The van der Waals surface area contributed by atoms with Crippen molar-refractivity contribution >= 4 is 38.1 Å². The topological polar surface area (TPSA) is 143 Å². The molecule has 0 saturated carbocycles. The smallest absolute Gasteiger partial charge is 0.296 e. The zero-order valence-corrected chi connectivity index (χ0v) is 13.5. The molecule has 0 radical (unpaired) electrons. The van der Waals surface area contributed by atoms with Gasteiger partial charge in [0.05, 0.1) is 11.2 Å². The standard InChI is InChI=1S/C15H12N6O3S/c16-21-20-14-11-7-4-8-17-15(11)13(25(22,23)24)9-12(14)19-18-10-5-2-1-3-6-10/h1-9H,(H2,16,20)(H,22,23,24)/b19-18+. The molecule has 0 spiro atoms. The average Bonchev–Trinajstić information content (AvgIpc) is 2.61. The van der Waals surface area contributed by atoms with Gasteiger partial charge in [0.15, 0.2) is 0 Å². The van der Waals surface area contributed by atoms with E-state index in [1.807, 2.05) is 6.07 Å². The molecule has 0 aliphatic heterocycles. The Hall–Kier alpha value is -3.24. The first-order valence-electron chi connectivity index (χ1n) is 6.97. The molecule has 1 heterocycles. The second-order valence-electron chi connectivity index (χ2n) is 4.87. The molecule has 3 rings (SSSR count). The van der Waals surface area contributed by atoms with E-state index in [0.29, 0.717) is 11.1 Å². The van der Waals surface area contributed by atoms with Crippen LogP contribution in [-0.2, 0) is 10.1 Å². The van der Waals surface area contributed by atoms with Crippen molar-refractivity contribution in [3.63, 3.8) is 0 Å². The van der Waals surface area contributed by atoms with Gasteiger partial charge < -0.3 is 5.84 Å². The van der Waals surface area contributed by atoms with Crippen molar-refractivity contribution in [2.24, 2.45) is 26.4 Å². The highest BCUT2D eigenvalue weighted by atomic mass is 32.2. The summed E-state index contributed by atoms with van der Waals surface area (Å²) in [6, 6.07) is 13.1. The minimum absolute atomic E-state index is 0.0334. The van der Waals surface area contributed by atoms with Crippen LogP contribution in [-0.4, -0.2) is 18.0 Å². The quantitative estimate of drug-likeness (QED) is 0.316. The first kappa shape index (κ1) is 16.6. The van der Waals surface area contributed by atoms with Gasteiger partial charge in [0, 0.05) is 11.6 Å². The lowest BCUT2D eigenvalue weighted by Gasteiger charge is -2.07. The Bertz CT molecular complexity index is 1080. The van der Waals surface area contributed by atoms with Crippen molar-refractivity contribution < 1.29 is 13.0 Å². The van der Waals surface area contributed by atoms with Crippen LogP contribution in [0.15, 0.2) is 80.2 Å². The Morgan fingerprint density at radius 3 is 2.44 bits per heavy atom. The number of rotatable bonds is 4. The molecular formula is C15H12N6O3S. The molecule has 1 aromatic heterocycles. The predicted octanol–water partition coefficient (Wildman–Crippen LogP) is 3.85. The van der Waals surface area contributed by atoms with E-state index in [-0.39, 0.29) is 16.9 Å². The third kappa shape index (κ3) is 3.49. The first-order chi connectivity index (χ1) is 12.0. The average molecular weight is 356 g/mol. The van der Waals surface area contributed by atoms with Crippen LogP contribution < -0.4 is 5.84 Å². The Kier molecular flexibility index (Phi) is 4.46. The molecule has 3 aromatic rings. The van der Waals surface area contributed by atoms with E-state index in [9.17, 15) is 13.0 Å². The molecule has 0 unspecified atom stereocenters. The number of hydrogen-bond donors (Lipinski definition) is 2. The largest absolute Gasteiger partial charge is 0.305 e. The van der Waals surface area contributed by atoms with E-state index >= 15 is 0 Å². The SMILES string of the molecule is NN=Nc1c(/N=N/c2ccccc2)cc(S(=O)(=O)O)c2ncccc12. The molecule has 0 atom stereocenters. The number of azo groups is 1. The zero-order chi connectivity index (χ0) is 17.9. The molecule has 2 aromatic carbocycles. The molecule has 0 fully saturated rings. The molecule has 3 N–H and O–H groups in total. The maximum atomic E-state index is 11.7. The molecule has 126 valence electrons. The Labute approximate surface area is 142 Å². The second kappa shape index (κ2) is 6.71. The first-order valence-corrected chi connectivity index (χ1v) is 8.41. The molecule has 10 heteroatoms. The summed E-state index contributed by atoms with van der Waals surface area (Å²) in [7, 11) is -4.53. The number of pyridine rings is 1. The van der Waals surface area contributed by atoms with Gasteiger partial charge in [0.25, 0.3) is 10.1 Å². The van der Waals surface area contributed by atoms with E-state index in [1.165, 1.54) is 6.20 Å². The summed E-state index contributed by atoms with van der Waals surface area (Å²) >= 11 is 0. The minimum Gasteiger partial charge on any atom is -0.305 e. The number of aromatic nitrogens is 1. The molecule has 9 nitrogen and oxygen atoms in total. The number of nitrogens with zero attached hydrogens (tertiary/aromatic N) is 5. The van der Waals surface area contributed by atoms with Gasteiger partial charge in [0.2, 0.25) is 0 Å². The summed E-state index contributed by atoms with van der Waals surface area (Å²) < 4.78 is 32.9. The minimum atomic E-state index is -4.53. The maximum absolute atomic E-state index is 11.7. The van der Waals surface area contributed by atoms with Crippen molar-refractivity contribution in [2.45, 2.75) is 4.90 Å². The highest BCUT2D eigenvalue weighted by molar-refractivity contribution is 7.86. The van der Waals surface area contributed by atoms with E-state index in [0.717, 1.165) is 6.07 Å². The van der Waals surface area contributed by atoms with Gasteiger partial charge in [-0.25, -0.2) is 0 Å². The van der Waals surface area contributed by atoms with Gasteiger partial charge in [-0.05, 0) is 30.3 Å². The van der Waals surface area contributed by atoms with Gasteiger partial charge in [-0.2, -0.15) is 13.5 Å². The molecular weight excluding hydrogens is 344 g/mol. The summed E-state index contributed by atoms with van der Waals surface area (Å²) in [4.78, 5) is 3.59. The van der Waals surface area contributed by atoms with Crippen LogP contribution in [0.1, 0.15) is 0 Å². The molecule has 0 aliphatic carbocycles. The highest BCUT2D eigenvalue weighted by Gasteiger charge is 2.21.